The van der Waals surface area contributed by atoms with Crippen LogP contribution in [0.4, 0.5) is 17.6 Å². The molecule has 2 atom stereocenters. The molecule has 0 aromatic rings. The molecule has 0 aromatic carbocycles. The van der Waals surface area contributed by atoms with Gasteiger partial charge in [0.25, 0.3) is 0 Å². The monoisotopic (exact) mass is 215 g/mol. The Morgan fingerprint density at radius 1 is 1.50 bits per heavy atom. The topological polar surface area (TPSA) is 48.2 Å². The Kier molecular flexibility index (Phi) is 2.66. The third-order valence-corrected chi connectivity index (χ3v) is 1.78. The lowest BCUT2D eigenvalue weighted by atomic mass is 10.2. The van der Waals surface area contributed by atoms with Crippen LogP contribution in [0.2, 0.25) is 0 Å². The number of aliphatic hydroxyl groups is 1. The largest absolute Gasteiger partial charge is 0.445 e. The van der Waals surface area contributed by atoms with E-state index < -0.39 is 18.2 Å². The summed E-state index contributed by atoms with van der Waals surface area (Å²) in [5.74, 6) is 0. The summed E-state index contributed by atoms with van der Waals surface area (Å²) in [6.45, 7) is 1.62. The quantitative estimate of drug-likeness (QED) is 0.562. The lowest BCUT2D eigenvalue weighted by Gasteiger charge is -2.26. The summed E-state index contributed by atoms with van der Waals surface area (Å²) in [6.07, 6.45) is -7.41. The average Bonchev–Trinajstić information content (AvgIpc) is 2.33. The van der Waals surface area contributed by atoms with Crippen LogP contribution >= 0.6 is 0 Å². The fourth-order valence-corrected chi connectivity index (χ4v) is 1.01. The number of halogens is 4. The van der Waals surface area contributed by atoms with Gasteiger partial charge in [-0.25, -0.2) is 9.40 Å². The molecule has 0 saturated carbocycles. The van der Waals surface area contributed by atoms with E-state index in [-0.39, 0.29) is 6.54 Å². The summed E-state index contributed by atoms with van der Waals surface area (Å²) in [4.78, 5) is 0. The van der Waals surface area contributed by atoms with Crippen LogP contribution in [-0.2, 0) is 0 Å². The molecule has 0 radical (unpaired) electrons. The normalized spacial score (nSPS) is 32.7. The minimum Gasteiger partial charge on any atom is -0.357 e. The zero-order valence-electron chi connectivity index (χ0n) is 7.29. The standard InChI is InChI=1S/C6H9F4N3O/c1-2-3-13-4(7)5(14,11-12-13)6(8,9)10/h4,14H,2-3H2,1H3. The Hall–Kier alpha value is -0.920. The molecule has 8 heteroatoms. The van der Waals surface area contributed by atoms with Crippen molar-refractivity contribution < 1.29 is 22.7 Å². The van der Waals surface area contributed by atoms with Crippen LogP contribution in [0.25, 0.3) is 0 Å². The van der Waals surface area contributed by atoms with E-state index in [0.717, 1.165) is 0 Å². The molecule has 1 N–H and O–H groups in total. The molecule has 0 spiro atoms. The highest BCUT2D eigenvalue weighted by Crippen LogP contribution is 2.40. The molecular formula is C6H9F4N3O. The Labute approximate surface area is 77.2 Å². The van der Waals surface area contributed by atoms with Gasteiger partial charge in [0.1, 0.15) is 0 Å². The predicted molar refractivity (Wildman–Crippen MR) is 37.8 cm³/mol. The van der Waals surface area contributed by atoms with Crippen molar-refractivity contribution in [3.8, 4) is 0 Å². The summed E-state index contributed by atoms with van der Waals surface area (Å²) in [5.41, 5.74) is -3.72. The third-order valence-electron chi connectivity index (χ3n) is 1.78. The summed E-state index contributed by atoms with van der Waals surface area (Å²) < 4.78 is 49.5. The minimum absolute atomic E-state index is 0.0247. The van der Waals surface area contributed by atoms with Gasteiger partial charge in [0.15, 0.2) is 0 Å². The van der Waals surface area contributed by atoms with Gasteiger partial charge in [-0.05, 0) is 6.42 Å². The van der Waals surface area contributed by atoms with E-state index in [4.69, 9.17) is 5.11 Å². The first-order valence-corrected chi connectivity index (χ1v) is 3.95. The molecule has 1 aliphatic heterocycles. The van der Waals surface area contributed by atoms with E-state index in [1.807, 2.05) is 0 Å². The average molecular weight is 215 g/mol. The smallest absolute Gasteiger partial charge is 0.357 e. The van der Waals surface area contributed by atoms with Gasteiger partial charge in [0.05, 0.1) is 0 Å². The molecule has 0 aromatic heterocycles. The maximum atomic E-state index is 13.1. The summed E-state index contributed by atoms with van der Waals surface area (Å²) in [7, 11) is 0. The molecule has 82 valence electrons. The van der Waals surface area contributed by atoms with Crippen molar-refractivity contribution in [3.05, 3.63) is 0 Å². The second kappa shape index (κ2) is 3.34. The lowest BCUT2D eigenvalue weighted by molar-refractivity contribution is -0.283. The van der Waals surface area contributed by atoms with Crippen LogP contribution in [0, 0.1) is 0 Å². The number of hydrogen-bond acceptors (Lipinski definition) is 4. The molecule has 1 heterocycles. The second-order valence-electron chi connectivity index (χ2n) is 2.91. The van der Waals surface area contributed by atoms with Crippen LogP contribution in [0.3, 0.4) is 0 Å². The first-order valence-electron chi connectivity index (χ1n) is 3.95. The second-order valence-corrected chi connectivity index (χ2v) is 2.91. The van der Waals surface area contributed by atoms with Crippen LogP contribution in [0.1, 0.15) is 13.3 Å². The van der Waals surface area contributed by atoms with Crippen LogP contribution in [-0.4, -0.2) is 34.9 Å². The highest BCUT2D eigenvalue weighted by Gasteiger charge is 2.65. The van der Waals surface area contributed by atoms with E-state index in [2.05, 4.69) is 10.3 Å². The summed E-state index contributed by atoms with van der Waals surface area (Å²) in [6, 6.07) is 0. The van der Waals surface area contributed by atoms with Crippen molar-refractivity contribution >= 4 is 0 Å². The zero-order chi connectivity index (χ0) is 11.0. The SMILES string of the molecule is CCCN1N=NC(O)(C(F)(F)F)C1F. The number of nitrogens with zero attached hydrogens (tertiary/aromatic N) is 3. The van der Waals surface area contributed by atoms with Gasteiger partial charge in [0.2, 0.25) is 6.30 Å². The molecule has 0 bridgehead atoms. The maximum absolute atomic E-state index is 13.1. The minimum atomic E-state index is -5.15. The van der Waals surface area contributed by atoms with Crippen molar-refractivity contribution in [2.75, 3.05) is 6.54 Å². The summed E-state index contributed by atoms with van der Waals surface area (Å²) in [5, 5.41) is 14.8. The van der Waals surface area contributed by atoms with Crippen molar-refractivity contribution in [2.24, 2.45) is 10.3 Å². The van der Waals surface area contributed by atoms with Crippen molar-refractivity contribution in [2.45, 2.75) is 31.5 Å². The molecule has 0 fully saturated rings. The van der Waals surface area contributed by atoms with Gasteiger partial charge in [-0.15, -0.1) is 5.11 Å². The fraction of sp³-hybridized carbons (Fsp3) is 1.00. The number of hydrogen-bond donors (Lipinski definition) is 1. The molecule has 0 saturated heterocycles. The van der Waals surface area contributed by atoms with E-state index >= 15 is 0 Å². The zero-order valence-corrected chi connectivity index (χ0v) is 7.29. The highest BCUT2D eigenvalue weighted by atomic mass is 19.4. The highest BCUT2D eigenvalue weighted by molar-refractivity contribution is 4.92. The number of rotatable bonds is 2. The van der Waals surface area contributed by atoms with E-state index in [9.17, 15) is 17.6 Å². The predicted octanol–water partition coefficient (Wildman–Crippen LogP) is 1.63. The van der Waals surface area contributed by atoms with E-state index in [1.165, 1.54) is 0 Å². The fourth-order valence-electron chi connectivity index (χ4n) is 1.01. The molecule has 2 unspecified atom stereocenters. The van der Waals surface area contributed by atoms with Crippen molar-refractivity contribution in [1.82, 2.24) is 5.01 Å². The van der Waals surface area contributed by atoms with E-state index in [1.54, 1.807) is 6.92 Å². The third kappa shape index (κ3) is 1.54. The molecule has 4 nitrogen and oxygen atoms in total. The molecule has 1 aliphatic rings. The first kappa shape index (κ1) is 11.2. The Morgan fingerprint density at radius 2 is 2.07 bits per heavy atom. The lowest BCUT2D eigenvalue weighted by Crippen LogP contribution is -2.53. The van der Waals surface area contributed by atoms with E-state index in [0.29, 0.717) is 11.4 Å². The Balaban J connectivity index is 2.82. The van der Waals surface area contributed by atoms with Crippen molar-refractivity contribution in [1.29, 1.82) is 0 Å². The van der Waals surface area contributed by atoms with Crippen molar-refractivity contribution in [3.63, 3.8) is 0 Å². The Morgan fingerprint density at radius 3 is 2.43 bits per heavy atom. The van der Waals surface area contributed by atoms with Gasteiger partial charge in [-0.2, -0.15) is 13.2 Å². The molecule has 14 heavy (non-hydrogen) atoms. The van der Waals surface area contributed by atoms with Gasteiger partial charge < -0.3 is 5.11 Å². The number of alkyl halides is 4. The first-order chi connectivity index (χ1) is 6.33. The van der Waals surface area contributed by atoms with Crippen LogP contribution < -0.4 is 0 Å². The maximum Gasteiger partial charge on any atom is 0.445 e. The molecule has 1 rings (SSSR count). The van der Waals surface area contributed by atoms with Gasteiger partial charge >= 0.3 is 11.9 Å². The molecule has 0 amide bonds. The Bertz CT molecular complexity index is 244. The molecular weight excluding hydrogens is 206 g/mol. The van der Waals surface area contributed by atoms with Gasteiger partial charge in [-0.3, -0.25) is 0 Å². The van der Waals surface area contributed by atoms with Gasteiger partial charge in [-0.1, -0.05) is 12.1 Å². The van der Waals surface area contributed by atoms with Gasteiger partial charge in [0, 0.05) is 6.54 Å². The van der Waals surface area contributed by atoms with Crippen LogP contribution in [0.5, 0.6) is 0 Å². The molecule has 0 aliphatic carbocycles. The summed E-state index contributed by atoms with van der Waals surface area (Å²) >= 11 is 0. The van der Waals surface area contributed by atoms with Crippen LogP contribution in [0.15, 0.2) is 10.3 Å².